The van der Waals surface area contributed by atoms with Crippen LogP contribution in [0, 0.1) is 11.8 Å². The van der Waals surface area contributed by atoms with Crippen molar-refractivity contribution < 1.29 is 68.8 Å². The second kappa shape index (κ2) is 10.2. The standard InChI is InChI=1S/C32H30O14/c1-11-9-17(35)22-25(38)20-18(45-31(22,27(11)39)29(41)43-3)8-6-13(23(20)36)14-5-7-15(33)19-24(37)21-16(34)10-12(2)28(40)32(21,30(42)44-4)46-26(14)19/h5-8,11-12,27-28,33,36-40H,9-10H2,1-4H3/t11-,12-,27-,28-,31+,32+/m1/s1. The summed E-state index contributed by atoms with van der Waals surface area (Å²) < 4.78 is 21.8. The van der Waals surface area contributed by atoms with Crippen LogP contribution in [0.3, 0.4) is 0 Å². The van der Waals surface area contributed by atoms with Gasteiger partial charge in [0.2, 0.25) is 0 Å². The number of ether oxygens (including phenoxy) is 4. The van der Waals surface area contributed by atoms with E-state index in [1.54, 1.807) is 0 Å². The van der Waals surface area contributed by atoms with E-state index >= 15 is 0 Å². The van der Waals surface area contributed by atoms with Crippen LogP contribution in [-0.2, 0) is 28.7 Å². The van der Waals surface area contributed by atoms with Gasteiger partial charge in [-0.15, -0.1) is 0 Å². The third-order valence-corrected chi connectivity index (χ3v) is 9.25. The summed E-state index contributed by atoms with van der Waals surface area (Å²) in [5.41, 5.74) is -7.36. The van der Waals surface area contributed by atoms with Gasteiger partial charge in [-0.25, -0.2) is 9.59 Å². The predicted molar refractivity (Wildman–Crippen MR) is 155 cm³/mol. The van der Waals surface area contributed by atoms with Crippen molar-refractivity contribution in [3.05, 3.63) is 46.5 Å². The number of phenols is 2. The van der Waals surface area contributed by atoms with Gasteiger partial charge in [0.05, 0.1) is 25.4 Å². The average Bonchev–Trinajstić information content (AvgIpc) is 3.01. The normalized spacial score (nSPS) is 29.9. The summed E-state index contributed by atoms with van der Waals surface area (Å²) in [6.45, 7) is 3.01. The van der Waals surface area contributed by atoms with Crippen molar-refractivity contribution in [2.24, 2.45) is 11.8 Å². The Hall–Kier alpha value is -5.08. The number of hydrogen-bond donors (Lipinski definition) is 6. The van der Waals surface area contributed by atoms with E-state index in [4.69, 9.17) is 18.9 Å². The summed E-state index contributed by atoms with van der Waals surface area (Å²) in [7, 11) is 2.01. The number of rotatable bonds is 3. The van der Waals surface area contributed by atoms with E-state index in [9.17, 15) is 49.8 Å². The fourth-order valence-electron chi connectivity index (χ4n) is 7.00. The molecule has 2 aliphatic heterocycles. The Labute approximate surface area is 260 Å². The van der Waals surface area contributed by atoms with Gasteiger partial charge in [0.25, 0.3) is 11.2 Å². The van der Waals surface area contributed by atoms with Gasteiger partial charge in [-0.2, -0.15) is 0 Å². The molecule has 14 nitrogen and oxygen atoms in total. The van der Waals surface area contributed by atoms with Crippen LogP contribution in [0.4, 0.5) is 0 Å². The lowest BCUT2D eigenvalue weighted by atomic mass is 9.69. The fraction of sp³-hybridized carbons (Fsp3) is 0.375. The van der Waals surface area contributed by atoms with Crippen molar-refractivity contribution in [1.82, 2.24) is 0 Å². The third-order valence-electron chi connectivity index (χ3n) is 9.25. The van der Waals surface area contributed by atoms with Gasteiger partial charge in [0.1, 0.15) is 57.9 Å². The zero-order chi connectivity index (χ0) is 33.6. The fourth-order valence-corrected chi connectivity index (χ4v) is 7.00. The van der Waals surface area contributed by atoms with Crippen LogP contribution in [0.1, 0.15) is 37.8 Å². The molecule has 0 bridgehead atoms. The Kier molecular flexibility index (Phi) is 6.87. The molecule has 14 heteroatoms. The van der Waals surface area contributed by atoms with Gasteiger partial charge < -0.3 is 49.6 Å². The molecular formula is C32H30O14. The molecule has 2 fully saturated rings. The number of aromatic hydroxyl groups is 2. The molecule has 2 aromatic rings. The van der Waals surface area contributed by atoms with Crippen molar-refractivity contribution in [2.75, 3.05) is 14.2 Å². The highest BCUT2D eigenvalue weighted by molar-refractivity contribution is 6.14. The van der Waals surface area contributed by atoms with Crippen molar-refractivity contribution in [2.45, 2.75) is 50.1 Å². The smallest absolute Gasteiger partial charge is 0.358 e. The van der Waals surface area contributed by atoms with E-state index in [2.05, 4.69) is 0 Å². The minimum absolute atomic E-state index is 0.105. The van der Waals surface area contributed by atoms with Gasteiger partial charge in [-0.3, -0.25) is 9.59 Å². The van der Waals surface area contributed by atoms with Crippen molar-refractivity contribution >= 4 is 35.0 Å². The van der Waals surface area contributed by atoms with Crippen LogP contribution < -0.4 is 9.47 Å². The summed E-state index contributed by atoms with van der Waals surface area (Å²) in [5.74, 6) is -9.21. The van der Waals surface area contributed by atoms with Crippen molar-refractivity contribution in [1.29, 1.82) is 0 Å². The van der Waals surface area contributed by atoms with Gasteiger partial charge in [0.15, 0.2) is 11.6 Å². The van der Waals surface area contributed by atoms with Crippen LogP contribution in [0.15, 0.2) is 35.4 Å². The molecule has 0 unspecified atom stereocenters. The lowest BCUT2D eigenvalue weighted by molar-refractivity contribution is -0.173. The summed E-state index contributed by atoms with van der Waals surface area (Å²) in [4.78, 5) is 52.7. The Morgan fingerprint density at radius 2 is 1.22 bits per heavy atom. The Bertz CT molecular complexity index is 1820. The van der Waals surface area contributed by atoms with Gasteiger partial charge in [-0.05, 0) is 36.1 Å². The molecule has 6 atom stereocenters. The minimum atomic E-state index is -2.55. The first kappa shape index (κ1) is 30.9. The first-order valence-corrected chi connectivity index (χ1v) is 14.3. The van der Waals surface area contributed by atoms with Crippen LogP contribution >= 0.6 is 0 Å². The van der Waals surface area contributed by atoms with Gasteiger partial charge >= 0.3 is 11.9 Å². The highest BCUT2D eigenvalue weighted by Gasteiger charge is 2.64. The minimum Gasteiger partial charge on any atom is -0.507 e. The van der Waals surface area contributed by atoms with Crippen LogP contribution in [-0.4, -0.2) is 91.8 Å². The molecule has 4 aliphatic rings. The number of phenolic OH excluding ortho intramolecular Hbond substituents is 2. The van der Waals surface area contributed by atoms with Crippen LogP contribution in [0.25, 0.3) is 22.6 Å². The molecule has 2 aliphatic carbocycles. The lowest BCUT2D eigenvalue weighted by Gasteiger charge is -2.46. The number of benzene rings is 2. The maximum atomic E-state index is 13.3. The predicted octanol–water partition coefficient (Wildman–Crippen LogP) is 1.85. The molecule has 0 spiro atoms. The molecule has 0 aromatic heterocycles. The maximum Gasteiger partial charge on any atom is 0.358 e. The van der Waals surface area contributed by atoms with E-state index in [1.807, 2.05) is 0 Å². The highest BCUT2D eigenvalue weighted by Crippen LogP contribution is 2.56. The first-order chi connectivity index (χ1) is 21.7. The Morgan fingerprint density at radius 1 is 0.739 bits per heavy atom. The number of carbonyl (C=O) groups is 4. The number of aliphatic hydroxyl groups excluding tert-OH is 4. The molecule has 6 rings (SSSR count). The number of esters is 2. The second-order valence-corrected chi connectivity index (χ2v) is 11.9. The summed E-state index contributed by atoms with van der Waals surface area (Å²) >= 11 is 0. The Balaban J connectivity index is 1.61. The quantitative estimate of drug-likeness (QED) is 0.264. The van der Waals surface area contributed by atoms with Crippen LogP contribution in [0.2, 0.25) is 0 Å². The summed E-state index contributed by atoms with van der Waals surface area (Å²) in [5, 5.41) is 67.5. The van der Waals surface area contributed by atoms with E-state index in [1.165, 1.54) is 32.0 Å². The zero-order valence-corrected chi connectivity index (χ0v) is 25.0. The topological polar surface area (TPSA) is 227 Å². The molecule has 242 valence electrons. The molecule has 0 radical (unpaired) electrons. The van der Waals surface area contributed by atoms with Gasteiger partial charge in [-0.1, -0.05) is 13.8 Å². The number of fused-ring (bicyclic) bond motifs is 4. The SMILES string of the molecule is COC(=O)[C@]12Oc3ccc(-c4ccc(O)c5c4O[C@@]4(C(=O)OC)C(=C5O)C(=O)C[C@@H](C)[C@H]4O)c(O)c3C(O)=C1C(=O)C[C@@H](C)[C@H]2O. The van der Waals surface area contributed by atoms with E-state index in [-0.39, 0.29) is 29.7 Å². The molecule has 6 N–H and O–H groups in total. The molecule has 0 saturated heterocycles. The molecule has 46 heavy (non-hydrogen) atoms. The van der Waals surface area contributed by atoms with Crippen molar-refractivity contribution in [3.8, 4) is 34.1 Å². The number of hydrogen-bond acceptors (Lipinski definition) is 14. The van der Waals surface area contributed by atoms with E-state index < -0.39 is 110 Å². The number of aliphatic hydroxyl groups is 4. The molecule has 2 saturated carbocycles. The summed E-state index contributed by atoms with van der Waals surface area (Å²) in [6.07, 6.45) is -3.83. The number of carbonyl (C=O) groups excluding carboxylic acids is 4. The first-order valence-electron chi connectivity index (χ1n) is 14.3. The highest BCUT2D eigenvalue weighted by atomic mass is 16.6. The molecule has 2 heterocycles. The molecule has 2 aromatic carbocycles. The second-order valence-electron chi connectivity index (χ2n) is 11.9. The lowest BCUT2D eigenvalue weighted by Crippen LogP contribution is -2.64. The van der Waals surface area contributed by atoms with Crippen molar-refractivity contribution in [3.63, 3.8) is 0 Å². The third kappa shape index (κ3) is 3.70. The average molecular weight is 639 g/mol. The molecule has 0 amide bonds. The van der Waals surface area contributed by atoms with Crippen LogP contribution in [0.5, 0.6) is 23.0 Å². The Morgan fingerprint density at radius 3 is 1.74 bits per heavy atom. The zero-order valence-electron chi connectivity index (χ0n) is 25.0. The number of Topliss-reactive ketones (excluding diaryl/α,β-unsaturated/α-hetero) is 2. The summed E-state index contributed by atoms with van der Waals surface area (Å²) in [6, 6.07) is 4.83. The number of methoxy groups -OCH3 is 2. The van der Waals surface area contributed by atoms with E-state index in [0.717, 1.165) is 20.3 Å². The monoisotopic (exact) mass is 638 g/mol. The van der Waals surface area contributed by atoms with Gasteiger partial charge in [0, 0.05) is 24.0 Å². The van der Waals surface area contributed by atoms with E-state index in [0.29, 0.717) is 0 Å². The molecular weight excluding hydrogens is 608 g/mol. The number of ketones is 2. The largest absolute Gasteiger partial charge is 0.507 e. The maximum absolute atomic E-state index is 13.3.